The molecule has 56 valence electrons. The van der Waals surface area contributed by atoms with Crippen LogP contribution in [-0.4, -0.2) is 24.9 Å². The minimum absolute atomic E-state index is 0.0722. The van der Waals surface area contributed by atoms with E-state index in [1.807, 2.05) is 0 Å². The van der Waals surface area contributed by atoms with Crippen molar-refractivity contribution in [3.8, 4) is 11.8 Å². The zero-order valence-electron chi connectivity index (χ0n) is 6.13. The Morgan fingerprint density at radius 1 is 1.50 bits per heavy atom. The highest BCUT2D eigenvalue weighted by molar-refractivity contribution is 4.95. The molecule has 0 radical (unpaired) electrons. The highest BCUT2D eigenvalue weighted by Crippen LogP contribution is 1.75. The molecule has 0 unspecified atom stereocenters. The second kappa shape index (κ2) is 8.22. The van der Waals surface area contributed by atoms with Crippen LogP contribution in [0.5, 0.6) is 0 Å². The summed E-state index contributed by atoms with van der Waals surface area (Å²) in [7, 11) is 0. The summed E-state index contributed by atoms with van der Waals surface area (Å²) in [5.41, 5.74) is 0. The third-order valence-corrected chi connectivity index (χ3v) is 0.837. The van der Waals surface area contributed by atoms with E-state index >= 15 is 0 Å². The molecule has 2 heteroatoms. The molecule has 0 fully saturated rings. The largest absolute Gasteiger partial charge is 0.392 e. The van der Waals surface area contributed by atoms with E-state index in [1.165, 1.54) is 0 Å². The summed E-state index contributed by atoms with van der Waals surface area (Å²) in [5.74, 6) is 5.47. The molecule has 0 heterocycles. The molecule has 0 atom stereocenters. The first kappa shape index (κ1) is 9.22. The molecular formula is C8H12O2. The van der Waals surface area contributed by atoms with Crippen molar-refractivity contribution in [2.24, 2.45) is 0 Å². The normalized spacial score (nSPS) is 9.40. The molecule has 0 aliphatic carbocycles. The van der Waals surface area contributed by atoms with Crippen molar-refractivity contribution >= 4 is 0 Å². The van der Waals surface area contributed by atoms with Gasteiger partial charge < -0.3 is 9.84 Å². The summed E-state index contributed by atoms with van der Waals surface area (Å²) in [4.78, 5) is 0. The number of aliphatic hydroxyl groups is 1. The van der Waals surface area contributed by atoms with E-state index in [1.54, 1.807) is 19.1 Å². The minimum Gasteiger partial charge on any atom is -0.392 e. The molecule has 0 aromatic carbocycles. The summed E-state index contributed by atoms with van der Waals surface area (Å²) in [6.45, 7) is 2.83. The Morgan fingerprint density at radius 2 is 2.30 bits per heavy atom. The second-order valence-electron chi connectivity index (χ2n) is 1.60. The maximum absolute atomic E-state index is 8.30. The van der Waals surface area contributed by atoms with Gasteiger partial charge in [-0.2, -0.15) is 0 Å². The van der Waals surface area contributed by atoms with Gasteiger partial charge in [0.15, 0.2) is 0 Å². The van der Waals surface area contributed by atoms with Crippen LogP contribution < -0.4 is 0 Å². The first-order chi connectivity index (χ1) is 4.91. The van der Waals surface area contributed by atoms with E-state index in [9.17, 15) is 0 Å². The van der Waals surface area contributed by atoms with E-state index < -0.39 is 0 Å². The third-order valence-electron chi connectivity index (χ3n) is 0.837. The van der Waals surface area contributed by atoms with Gasteiger partial charge >= 0.3 is 0 Å². The van der Waals surface area contributed by atoms with E-state index in [0.29, 0.717) is 13.2 Å². The summed E-state index contributed by atoms with van der Waals surface area (Å²) >= 11 is 0. The lowest BCUT2D eigenvalue weighted by Gasteiger charge is -1.90. The molecule has 0 aromatic rings. The Morgan fingerprint density at radius 3 is 2.90 bits per heavy atom. The summed E-state index contributed by atoms with van der Waals surface area (Å²) in [6, 6.07) is 0. The van der Waals surface area contributed by atoms with Crippen LogP contribution in [-0.2, 0) is 4.74 Å². The van der Waals surface area contributed by atoms with Gasteiger partial charge in [0, 0.05) is 0 Å². The zero-order chi connectivity index (χ0) is 7.66. The maximum atomic E-state index is 8.30. The van der Waals surface area contributed by atoms with Crippen LogP contribution in [0.1, 0.15) is 6.92 Å². The van der Waals surface area contributed by atoms with Crippen molar-refractivity contribution in [3.05, 3.63) is 12.2 Å². The molecule has 0 aliphatic rings. The second-order valence-corrected chi connectivity index (χ2v) is 1.60. The van der Waals surface area contributed by atoms with Crippen molar-refractivity contribution in [1.82, 2.24) is 0 Å². The fourth-order valence-electron chi connectivity index (χ4n) is 0.393. The fraction of sp³-hybridized carbons (Fsp3) is 0.500. The number of ether oxygens (including phenoxy) is 1. The van der Waals surface area contributed by atoms with E-state index in [0.717, 1.165) is 0 Å². The molecule has 0 bridgehead atoms. The predicted molar refractivity (Wildman–Crippen MR) is 40.5 cm³/mol. The van der Waals surface area contributed by atoms with Gasteiger partial charge in [0.1, 0.15) is 6.61 Å². The van der Waals surface area contributed by atoms with Crippen LogP contribution >= 0.6 is 0 Å². The standard InChI is InChI=1S/C8H12O2/c1-2-3-7-10-8-5-4-6-9/h4-5,9H,6-8H2,1H3/b5-4-. The van der Waals surface area contributed by atoms with Crippen molar-refractivity contribution in [2.75, 3.05) is 19.8 Å². The highest BCUT2D eigenvalue weighted by Gasteiger charge is 1.75. The quantitative estimate of drug-likeness (QED) is 0.351. The minimum atomic E-state index is 0.0722. The smallest absolute Gasteiger partial charge is 0.108 e. The van der Waals surface area contributed by atoms with Gasteiger partial charge in [-0.3, -0.25) is 0 Å². The van der Waals surface area contributed by atoms with E-state index in [4.69, 9.17) is 9.84 Å². The number of hydrogen-bond donors (Lipinski definition) is 1. The SMILES string of the molecule is CC#CCOC/C=C\CO. The van der Waals surface area contributed by atoms with Crippen LogP contribution in [0.15, 0.2) is 12.2 Å². The Bertz CT molecular complexity index is 139. The molecular weight excluding hydrogens is 128 g/mol. The third kappa shape index (κ3) is 7.22. The summed E-state index contributed by atoms with van der Waals surface area (Å²) in [5, 5.41) is 8.30. The average Bonchev–Trinajstić information content (AvgIpc) is 1.97. The van der Waals surface area contributed by atoms with Gasteiger partial charge in [-0.15, -0.1) is 5.92 Å². The molecule has 0 amide bonds. The Kier molecular flexibility index (Phi) is 7.58. The summed E-state index contributed by atoms with van der Waals surface area (Å²) < 4.78 is 5.00. The number of hydrogen-bond acceptors (Lipinski definition) is 2. The Labute approximate surface area is 61.5 Å². The molecule has 0 spiro atoms. The molecule has 2 nitrogen and oxygen atoms in total. The molecule has 0 saturated carbocycles. The lowest BCUT2D eigenvalue weighted by molar-refractivity contribution is 0.198. The zero-order valence-corrected chi connectivity index (χ0v) is 6.13. The van der Waals surface area contributed by atoms with Crippen molar-refractivity contribution < 1.29 is 9.84 Å². The van der Waals surface area contributed by atoms with Crippen LogP contribution in [0, 0.1) is 11.8 Å². The fourth-order valence-corrected chi connectivity index (χ4v) is 0.393. The molecule has 0 rings (SSSR count). The average molecular weight is 140 g/mol. The number of rotatable bonds is 4. The van der Waals surface area contributed by atoms with Crippen LogP contribution in [0.2, 0.25) is 0 Å². The lowest BCUT2D eigenvalue weighted by atomic mass is 10.5. The Balaban J connectivity index is 3.02. The monoisotopic (exact) mass is 140 g/mol. The van der Waals surface area contributed by atoms with E-state index in [-0.39, 0.29) is 6.61 Å². The summed E-state index contributed by atoms with van der Waals surface area (Å²) in [6.07, 6.45) is 3.40. The molecule has 1 N–H and O–H groups in total. The van der Waals surface area contributed by atoms with Gasteiger partial charge in [-0.1, -0.05) is 18.1 Å². The van der Waals surface area contributed by atoms with Crippen molar-refractivity contribution in [3.63, 3.8) is 0 Å². The molecule has 0 saturated heterocycles. The van der Waals surface area contributed by atoms with Crippen LogP contribution in [0.4, 0.5) is 0 Å². The van der Waals surface area contributed by atoms with Gasteiger partial charge in [0.25, 0.3) is 0 Å². The molecule has 0 aliphatic heterocycles. The van der Waals surface area contributed by atoms with Gasteiger partial charge in [0.2, 0.25) is 0 Å². The van der Waals surface area contributed by atoms with E-state index in [2.05, 4.69) is 11.8 Å². The van der Waals surface area contributed by atoms with Crippen LogP contribution in [0.25, 0.3) is 0 Å². The van der Waals surface area contributed by atoms with Crippen LogP contribution in [0.3, 0.4) is 0 Å². The van der Waals surface area contributed by atoms with Gasteiger partial charge in [-0.25, -0.2) is 0 Å². The highest BCUT2D eigenvalue weighted by atomic mass is 16.5. The van der Waals surface area contributed by atoms with Crippen molar-refractivity contribution in [2.45, 2.75) is 6.92 Å². The maximum Gasteiger partial charge on any atom is 0.108 e. The number of aliphatic hydroxyl groups excluding tert-OH is 1. The molecule has 10 heavy (non-hydrogen) atoms. The lowest BCUT2D eigenvalue weighted by Crippen LogP contribution is -1.90. The Hall–Kier alpha value is -0.780. The van der Waals surface area contributed by atoms with Gasteiger partial charge in [0.05, 0.1) is 13.2 Å². The first-order valence-corrected chi connectivity index (χ1v) is 3.15. The topological polar surface area (TPSA) is 29.5 Å². The van der Waals surface area contributed by atoms with Gasteiger partial charge in [-0.05, 0) is 6.92 Å². The first-order valence-electron chi connectivity index (χ1n) is 3.15. The van der Waals surface area contributed by atoms with Crippen molar-refractivity contribution in [1.29, 1.82) is 0 Å². The molecule has 0 aromatic heterocycles. The predicted octanol–water partition coefficient (Wildman–Crippen LogP) is 0.575.